The molecule has 1 aliphatic rings. The average Bonchev–Trinajstić information content (AvgIpc) is 2.86. The second kappa shape index (κ2) is 6.18. The zero-order chi connectivity index (χ0) is 13.0. The van der Waals surface area contributed by atoms with Crippen LogP contribution in [0.5, 0.6) is 5.75 Å². The largest absolute Gasteiger partial charge is 0.496 e. The van der Waals surface area contributed by atoms with Crippen molar-refractivity contribution in [2.24, 2.45) is 0 Å². The molecule has 4 heteroatoms. The van der Waals surface area contributed by atoms with E-state index in [4.69, 9.17) is 9.47 Å². The second-order valence-corrected chi connectivity index (χ2v) is 4.69. The first kappa shape index (κ1) is 13.3. The summed E-state index contributed by atoms with van der Waals surface area (Å²) in [6.07, 6.45) is 1.43. The number of hydrogen-bond acceptors (Lipinski definition) is 4. The fourth-order valence-electron chi connectivity index (χ4n) is 2.43. The van der Waals surface area contributed by atoms with E-state index in [-0.39, 0.29) is 6.61 Å². The summed E-state index contributed by atoms with van der Waals surface area (Å²) in [5.41, 5.74) is 2.05. The van der Waals surface area contributed by atoms with E-state index in [0.717, 1.165) is 42.9 Å². The lowest BCUT2D eigenvalue weighted by molar-refractivity contribution is 0.107. The van der Waals surface area contributed by atoms with Crippen molar-refractivity contribution in [3.8, 4) is 5.75 Å². The minimum atomic E-state index is 0.0672. The van der Waals surface area contributed by atoms with Crippen molar-refractivity contribution in [2.75, 3.05) is 27.3 Å². The summed E-state index contributed by atoms with van der Waals surface area (Å²) in [7, 11) is 3.44. The maximum Gasteiger partial charge on any atom is 0.123 e. The first-order valence-electron chi connectivity index (χ1n) is 6.28. The smallest absolute Gasteiger partial charge is 0.123 e. The van der Waals surface area contributed by atoms with Gasteiger partial charge in [-0.1, -0.05) is 6.07 Å². The molecule has 1 saturated heterocycles. The fourth-order valence-corrected chi connectivity index (χ4v) is 2.43. The van der Waals surface area contributed by atoms with Crippen molar-refractivity contribution in [3.05, 3.63) is 29.3 Å². The van der Waals surface area contributed by atoms with E-state index in [1.807, 2.05) is 18.2 Å². The van der Waals surface area contributed by atoms with E-state index in [9.17, 15) is 5.11 Å². The molecule has 1 N–H and O–H groups in total. The Balaban J connectivity index is 2.07. The Bertz CT molecular complexity index is 395. The van der Waals surface area contributed by atoms with E-state index >= 15 is 0 Å². The summed E-state index contributed by atoms with van der Waals surface area (Å²) in [5, 5.41) is 9.19. The quantitative estimate of drug-likeness (QED) is 0.859. The van der Waals surface area contributed by atoms with Crippen molar-refractivity contribution in [3.63, 3.8) is 0 Å². The molecule has 0 spiro atoms. The lowest BCUT2D eigenvalue weighted by Crippen LogP contribution is -2.22. The predicted molar refractivity (Wildman–Crippen MR) is 69.6 cm³/mol. The van der Waals surface area contributed by atoms with Crippen molar-refractivity contribution < 1.29 is 14.6 Å². The molecule has 1 aromatic carbocycles. The van der Waals surface area contributed by atoms with Crippen molar-refractivity contribution in [1.82, 2.24) is 4.90 Å². The molecule has 1 unspecified atom stereocenters. The van der Waals surface area contributed by atoms with E-state index in [1.54, 1.807) is 14.2 Å². The number of nitrogens with zero attached hydrogens (tertiary/aromatic N) is 1. The number of benzene rings is 1. The zero-order valence-electron chi connectivity index (χ0n) is 11.1. The summed E-state index contributed by atoms with van der Waals surface area (Å²) in [4.78, 5) is 2.35. The van der Waals surface area contributed by atoms with Gasteiger partial charge in [0.25, 0.3) is 0 Å². The highest BCUT2D eigenvalue weighted by Gasteiger charge is 2.22. The third kappa shape index (κ3) is 3.02. The summed E-state index contributed by atoms with van der Waals surface area (Å²) in [6, 6.07) is 5.83. The maximum atomic E-state index is 9.19. The van der Waals surface area contributed by atoms with Crippen LogP contribution in [0.1, 0.15) is 17.5 Å². The monoisotopic (exact) mass is 251 g/mol. The number of rotatable bonds is 5. The summed E-state index contributed by atoms with van der Waals surface area (Å²) in [6.45, 7) is 2.92. The van der Waals surface area contributed by atoms with Crippen LogP contribution in [-0.2, 0) is 17.9 Å². The molecule has 2 rings (SSSR count). The molecule has 18 heavy (non-hydrogen) atoms. The van der Waals surface area contributed by atoms with Gasteiger partial charge in [-0.15, -0.1) is 0 Å². The third-order valence-electron chi connectivity index (χ3n) is 3.48. The van der Waals surface area contributed by atoms with Crippen LogP contribution in [0.15, 0.2) is 18.2 Å². The van der Waals surface area contributed by atoms with Crippen LogP contribution >= 0.6 is 0 Å². The molecule has 100 valence electrons. The van der Waals surface area contributed by atoms with Gasteiger partial charge in [0.05, 0.1) is 19.8 Å². The van der Waals surface area contributed by atoms with Crippen molar-refractivity contribution >= 4 is 0 Å². The molecule has 4 nitrogen and oxygen atoms in total. The molecule has 0 saturated carbocycles. The van der Waals surface area contributed by atoms with E-state index in [0.29, 0.717) is 6.10 Å². The van der Waals surface area contributed by atoms with Crippen LogP contribution in [0, 0.1) is 0 Å². The van der Waals surface area contributed by atoms with Gasteiger partial charge in [-0.25, -0.2) is 0 Å². The van der Waals surface area contributed by atoms with E-state index in [1.165, 1.54) is 0 Å². The number of hydrogen-bond donors (Lipinski definition) is 1. The Morgan fingerprint density at radius 2 is 2.22 bits per heavy atom. The number of methoxy groups -OCH3 is 2. The van der Waals surface area contributed by atoms with Crippen LogP contribution in [-0.4, -0.2) is 43.4 Å². The Labute approximate surface area is 108 Å². The molecule has 0 radical (unpaired) electrons. The summed E-state index contributed by atoms with van der Waals surface area (Å²) in [5.74, 6) is 0.882. The Hall–Kier alpha value is -1.10. The molecule has 0 amide bonds. The van der Waals surface area contributed by atoms with Crippen molar-refractivity contribution in [2.45, 2.75) is 25.7 Å². The topological polar surface area (TPSA) is 41.9 Å². The van der Waals surface area contributed by atoms with E-state index < -0.39 is 0 Å². The SMILES string of the molecule is COc1ccc(CO)cc1CN1CCC(OC)C1. The Kier molecular flexibility index (Phi) is 4.58. The molecule has 1 atom stereocenters. The Morgan fingerprint density at radius 3 is 2.83 bits per heavy atom. The molecule has 0 bridgehead atoms. The molecular formula is C14H21NO3. The van der Waals surface area contributed by atoms with Gasteiger partial charge in [0.15, 0.2) is 0 Å². The molecular weight excluding hydrogens is 230 g/mol. The highest BCUT2D eigenvalue weighted by Crippen LogP contribution is 2.24. The number of ether oxygens (including phenoxy) is 2. The van der Waals surface area contributed by atoms with Crippen LogP contribution in [0.2, 0.25) is 0 Å². The minimum Gasteiger partial charge on any atom is -0.496 e. The lowest BCUT2D eigenvalue weighted by atomic mass is 10.1. The van der Waals surface area contributed by atoms with Gasteiger partial charge in [0.2, 0.25) is 0 Å². The third-order valence-corrected chi connectivity index (χ3v) is 3.48. The number of aliphatic hydroxyl groups excluding tert-OH is 1. The molecule has 0 aromatic heterocycles. The fraction of sp³-hybridized carbons (Fsp3) is 0.571. The minimum absolute atomic E-state index is 0.0672. The van der Waals surface area contributed by atoms with Crippen LogP contribution in [0.4, 0.5) is 0 Å². The van der Waals surface area contributed by atoms with Gasteiger partial charge in [-0.05, 0) is 24.1 Å². The molecule has 1 fully saturated rings. The standard InChI is InChI=1S/C14H21NO3/c1-17-13-5-6-15(9-13)8-12-7-11(10-16)3-4-14(12)18-2/h3-4,7,13,16H,5-6,8-10H2,1-2H3. The maximum absolute atomic E-state index is 9.19. The van der Waals surface area contributed by atoms with Crippen LogP contribution in [0.25, 0.3) is 0 Å². The normalized spacial score (nSPS) is 20.3. The van der Waals surface area contributed by atoms with Gasteiger partial charge in [-0.2, -0.15) is 0 Å². The van der Waals surface area contributed by atoms with Crippen molar-refractivity contribution in [1.29, 1.82) is 0 Å². The van der Waals surface area contributed by atoms with Gasteiger partial charge in [0.1, 0.15) is 5.75 Å². The van der Waals surface area contributed by atoms with Crippen LogP contribution in [0.3, 0.4) is 0 Å². The van der Waals surface area contributed by atoms with Gasteiger partial charge >= 0.3 is 0 Å². The molecule has 1 aromatic rings. The van der Waals surface area contributed by atoms with E-state index in [2.05, 4.69) is 4.90 Å². The van der Waals surface area contributed by atoms with Gasteiger partial charge in [-0.3, -0.25) is 4.90 Å². The molecule has 0 aliphatic carbocycles. The molecule has 1 heterocycles. The van der Waals surface area contributed by atoms with Crippen LogP contribution < -0.4 is 4.74 Å². The predicted octanol–water partition coefficient (Wildman–Crippen LogP) is 1.41. The second-order valence-electron chi connectivity index (χ2n) is 4.69. The number of likely N-dealkylation sites (tertiary alicyclic amines) is 1. The number of aliphatic hydroxyl groups is 1. The van der Waals surface area contributed by atoms with Gasteiger partial charge in [0, 0.05) is 32.3 Å². The van der Waals surface area contributed by atoms with Gasteiger partial charge < -0.3 is 14.6 Å². The summed E-state index contributed by atoms with van der Waals surface area (Å²) < 4.78 is 10.7. The zero-order valence-corrected chi connectivity index (χ0v) is 11.1. The Morgan fingerprint density at radius 1 is 1.39 bits per heavy atom. The lowest BCUT2D eigenvalue weighted by Gasteiger charge is -2.18. The average molecular weight is 251 g/mol. The highest BCUT2D eigenvalue weighted by atomic mass is 16.5. The first-order valence-corrected chi connectivity index (χ1v) is 6.28. The summed E-state index contributed by atoms with van der Waals surface area (Å²) >= 11 is 0. The first-order chi connectivity index (χ1) is 8.76. The molecule has 1 aliphatic heterocycles. The highest BCUT2D eigenvalue weighted by molar-refractivity contribution is 5.37.